The molecule has 0 saturated carbocycles. The fourth-order valence-corrected chi connectivity index (χ4v) is 3.21. The van der Waals surface area contributed by atoms with Crippen molar-refractivity contribution in [3.05, 3.63) is 64.1 Å². The number of hydrogen-bond acceptors (Lipinski definition) is 4. The highest BCUT2D eigenvalue weighted by atomic mass is 79.9. The highest BCUT2D eigenvalue weighted by Crippen LogP contribution is 2.54. The number of carbonyl (C=O) groups is 1. The Hall–Kier alpha value is -2.71. The van der Waals surface area contributed by atoms with Crippen molar-refractivity contribution in [2.24, 2.45) is 0 Å². The van der Waals surface area contributed by atoms with Crippen LogP contribution in [0.2, 0.25) is 0 Å². The second-order valence-electron chi connectivity index (χ2n) is 7.35. The second-order valence-corrected chi connectivity index (χ2v) is 8.67. The first kappa shape index (κ1) is 33.5. The number of nitrogens with one attached hydrogen (secondary N) is 2. The fraction of sp³-hybridized carbons (Fsp3) is 0.300. The van der Waals surface area contributed by atoms with Gasteiger partial charge < -0.3 is 5.32 Å². The summed E-state index contributed by atoms with van der Waals surface area (Å²) in [6.45, 7) is 0. The smallest absolute Gasteiger partial charge is 0.332 e. The molecule has 2 aromatic rings. The molecule has 5 nitrogen and oxygen atoms in total. The summed E-state index contributed by atoms with van der Waals surface area (Å²) in [5, 5.41) is 3.62. The number of amides is 1. The Morgan fingerprint density at radius 3 is 1.85 bits per heavy atom. The Morgan fingerprint density at radius 1 is 0.750 bits per heavy atom. The minimum absolute atomic E-state index is 0.0551. The molecular weight excluding hydrogens is 675 g/mol. The van der Waals surface area contributed by atoms with Crippen LogP contribution in [-0.4, -0.2) is 41.6 Å². The first-order valence-corrected chi connectivity index (χ1v) is 11.0. The predicted octanol–water partition coefficient (Wildman–Crippen LogP) is 7.63. The molecule has 0 aliphatic carbocycles. The second kappa shape index (κ2) is 11.3. The summed E-state index contributed by atoms with van der Waals surface area (Å²) in [6.07, 6.45) is -28.0. The van der Waals surface area contributed by atoms with E-state index in [1.54, 1.807) is 10.8 Å². The van der Waals surface area contributed by atoms with Crippen molar-refractivity contribution in [2.45, 2.75) is 36.5 Å². The van der Waals surface area contributed by atoms with Crippen LogP contribution in [0.1, 0.15) is 15.9 Å². The molecule has 0 bridgehead atoms. The average Bonchev–Trinajstić information content (AvgIpc) is 2.76. The van der Waals surface area contributed by atoms with Gasteiger partial charge in [0, 0.05) is 21.3 Å². The normalized spacial score (nSPS) is 13.7. The summed E-state index contributed by atoms with van der Waals surface area (Å²) in [7, 11) is 0. The Balaban J connectivity index is 2.25. The molecule has 0 unspecified atom stereocenters. The van der Waals surface area contributed by atoms with Crippen LogP contribution in [-0.2, 0) is 15.4 Å². The van der Waals surface area contributed by atoms with E-state index >= 15 is 0 Å². The molecule has 0 aliphatic heterocycles. The van der Waals surface area contributed by atoms with Gasteiger partial charge in [-0.05, 0) is 42.5 Å². The monoisotopic (exact) mass is 684 g/mol. The van der Waals surface area contributed by atoms with E-state index in [2.05, 4.69) is 26.6 Å². The van der Waals surface area contributed by atoms with Crippen molar-refractivity contribution in [1.29, 1.82) is 0 Å². The number of benzene rings is 2. The third kappa shape index (κ3) is 7.52. The maximum absolute atomic E-state index is 14.4. The molecule has 0 aliphatic rings. The molecule has 0 heterocycles. The lowest BCUT2D eigenvalue weighted by Gasteiger charge is -2.35. The van der Waals surface area contributed by atoms with Crippen molar-refractivity contribution in [3.8, 4) is 0 Å². The van der Waals surface area contributed by atoms with Gasteiger partial charge in [0.1, 0.15) is 0 Å². The number of ether oxygens (including phenoxy) is 2. The zero-order chi connectivity index (χ0) is 30.9. The lowest BCUT2D eigenvalue weighted by atomic mass is 10.1. The number of hydrogen-bond donors (Lipinski definition) is 2. The zero-order valence-corrected chi connectivity index (χ0v) is 20.9. The Kier molecular flexibility index (Phi) is 9.45. The van der Waals surface area contributed by atoms with Crippen molar-refractivity contribution in [2.75, 3.05) is 5.32 Å². The van der Waals surface area contributed by atoms with Gasteiger partial charge in [-0.1, -0.05) is 34.1 Å². The number of halogens is 14. The topological polar surface area (TPSA) is 59.6 Å². The van der Waals surface area contributed by atoms with Gasteiger partial charge in [0.2, 0.25) is 0 Å². The average molecular weight is 685 g/mol. The van der Waals surface area contributed by atoms with Gasteiger partial charge in [-0.15, -0.1) is 13.2 Å². The van der Waals surface area contributed by atoms with Crippen molar-refractivity contribution >= 4 is 44.9 Å². The molecular formula is C20H10BrF13N2O3S. The molecule has 1 amide bonds. The van der Waals surface area contributed by atoms with E-state index in [-0.39, 0.29) is 17.7 Å². The summed E-state index contributed by atoms with van der Waals surface area (Å²) < 4.78 is 177. The fourth-order valence-electron chi connectivity index (χ4n) is 2.60. The molecule has 0 saturated heterocycles. The van der Waals surface area contributed by atoms with Gasteiger partial charge >= 0.3 is 36.5 Å². The lowest BCUT2D eigenvalue weighted by Crippen LogP contribution is -2.61. The van der Waals surface area contributed by atoms with Crippen molar-refractivity contribution in [3.63, 3.8) is 0 Å². The minimum Gasteiger partial charge on any atom is -0.332 e. The molecule has 0 radical (unpaired) electrons. The number of alkyl halides is 13. The van der Waals surface area contributed by atoms with E-state index in [4.69, 9.17) is 12.2 Å². The van der Waals surface area contributed by atoms with Gasteiger partial charge in [-0.2, -0.15) is 43.9 Å². The van der Waals surface area contributed by atoms with Crippen LogP contribution in [0, 0.1) is 0 Å². The Labute approximate surface area is 227 Å². The molecule has 0 atom stereocenters. The first-order chi connectivity index (χ1) is 17.9. The minimum atomic E-state index is -7.53. The molecule has 2 aromatic carbocycles. The van der Waals surface area contributed by atoms with Gasteiger partial charge in [0.25, 0.3) is 5.91 Å². The highest BCUT2D eigenvalue weighted by Gasteiger charge is 2.80. The molecule has 0 aromatic heterocycles. The predicted molar refractivity (Wildman–Crippen MR) is 116 cm³/mol. The number of rotatable bonds is 9. The van der Waals surface area contributed by atoms with Crippen LogP contribution in [0.15, 0.2) is 53.0 Å². The molecule has 222 valence electrons. The van der Waals surface area contributed by atoms with E-state index in [1.807, 2.05) is 4.74 Å². The third-order valence-electron chi connectivity index (χ3n) is 4.39. The van der Waals surface area contributed by atoms with E-state index in [0.29, 0.717) is 10.5 Å². The summed E-state index contributed by atoms with van der Waals surface area (Å²) in [5.74, 6) is -14.3. The maximum Gasteiger partial charge on any atom is 0.527 e. The molecule has 0 spiro atoms. The van der Waals surface area contributed by atoms with E-state index < -0.39 is 58.8 Å². The number of carbonyl (C=O) groups excluding carboxylic acids is 1. The molecule has 0 fully saturated rings. The third-order valence-corrected chi connectivity index (χ3v) is 5.09. The number of anilines is 1. The van der Waals surface area contributed by atoms with Crippen LogP contribution in [0.25, 0.3) is 0 Å². The highest BCUT2D eigenvalue weighted by molar-refractivity contribution is 9.10. The van der Waals surface area contributed by atoms with E-state index in [1.165, 1.54) is 18.2 Å². The zero-order valence-electron chi connectivity index (χ0n) is 18.5. The molecule has 20 heteroatoms. The SMILES string of the molecule is O=C(NC(=S)Nc1cccc(C(F)(F)C(F)(F)OC(F)(F)C(F)(F)C(F)(F)OC(F)(F)F)c1)c1cccc(Br)c1. The van der Waals surface area contributed by atoms with Crippen LogP contribution in [0.4, 0.5) is 62.8 Å². The summed E-state index contributed by atoms with van der Waals surface area (Å²) in [6, 6.07) is 7.45. The first-order valence-electron chi connectivity index (χ1n) is 9.76. The van der Waals surface area contributed by atoms with E-state index in [9.17, 15) is 61.9 Å². The van der Waals surface area contributed by atoms with Crippen molar-refractivity contribution in [1.82, 2.24) is 5.32 Å². The lowest BCUT2D eigenvalue weighted by molar-refractivity contribution is -0.535. The number of thiocarbonyl (C=S) groups is 1. The van der Waals surface area contributed by atoms with Gasteiger partial charge in [0.15, 0.2) is 5.11 Å². The summed E-state index contributed by atoms with van der Waals surface area (Å²) in [4.78, 5) is 12.2. The molecule has 40 heavy (non-hydrogen) atoms. The quantitative estimate of drug-likeness (QED) is 0.210. The van der Waals surface area contributed by atoms with Crippen LogP contribution in [0.5, 0.6) is 0 Å². The van der Waals surface area contributed by atoms with Gasteiger partial charge in [-0.25, -0.2) is 9.47 Å². The van der Waals surface area contributed by atoms with Gasteiger partial charge in [0.05, 0.1) is 0 Å². The largest absolute Gasteiger partial charge is 0.527 e. The van der Waals surface area contributed by atoms with Gasteiger partial charge in [-0.3, -0.25) is 10.1 Å². The van der Waals surface area contributed by atoms with Crippen LogP contribution in [0.3, 0.4) is 0 Å². The summed E-state index contributed by atoms with van der Waals surface area (Å²) in [5.41, 5.74) is -2.49. The summed E-state index contributed by atoms with van der Waals surface area (Å²) >= 11 is 7.87. The Bertz CT molecular complexity index is 1260. The van der Waals surface area contributed by atoms with E-state index in [0.717, 1.165) is 6.07 Å². The maximum atomic E-state index is 14.4. The molecule has 2 rings (SSSR count). The Morgan fingerprint density at radius 2 is 1.30 bits per heavy atom. The standard InChI is InChI=1S/C20H10BrF13N2O3S/c21-11-5-1-3-9(7-11)13(37)36-14(40)35-12-6-2-4-10(8-12)15(22,23)17(26,27)38-18(28,29)16(24,25)19(30,31)39-20(32,33)34/h1-8H,(H2,35,36,37,40). The van der Waals surface area contributed by atoms with Crippen LogP contribution >= 0.6 is 28.1 Å². The van der Waals surface area contributed by atoms with Crippen LogP contribution < -0.4 is 10.6 Å². The molecule has 2 N–H and O–H groups in total. The van der Waals surface area contributed by atoms with Crippen molar-refractivity contribution < 1.29 is 71.3 Å².